The summed E-state index contributed by atoms with van der Waals surface area (Å²) in [6.45, 7) is 0.746. The summed E-state index contributed by atoms with van der Waals surface area (Å²) in [5.74, 6) is 1.86. The second kappa shape index (κ2) is 5.73. The first kappa shape index (κ1) is 14.7. The zero-order valence-corrected chi connectivity index (χ0v) is 13.9. The third-order valence-electron chi connectivity index (χ3n) is 4.47. The molecule has 2 aromatic heterocycles. The molecule has 1 aliphatic rings. The maximum absolute atomic E-state index is 5.64. The van der Waals surface area contributed by atoms with E-state index in [0.717, 1.165) is 46.6 Å². The van der Waals surface area contributed by atoms with Crippen LogP contribution in [0.3, 0.4) is 0 Å². The van der Waals surface area contributed by atoms with E-state index in [-0.39, 0.29) is 5.95 Å². The minimum Gasteiger partial charge on any atom is -0.493 e. The molecule has 1 aliphatic heterocycles. The standard InChI is InChI=1S/C19H16N6O/c20-19-21-7-5-17(23-19)22-13-2-3-15-14(10-13)18(25-24-15)12-1-4-16-11(9-12)6-8-26-16/h1-5,7,9-10H,6,8H2,(H,24,25)(H3,20,21,22,23). The molecule has 0 spiro atoms. The third kappa shape index (κ3) is 2.50. The van der Waals surface area contributed by atoms with E-state index in [9.17, 15) is 0 Å². The molecule has 5 rings (SSSR count). The topological polar surface area (TPSA) is 102 Å². The van der Waals surface area contributed by atoms with Gasteiger partial charge in [-0.05, 0) is 48.0 Å². The van der Waals surface area contributed by atoms with Gasteiger partial charge in [-0.2, -0.15) is 10.1 Å². The molecule has 2 aromatic carbocycles. The van der Waals surface area contributed by atoms with Crippen molar-refractivity contribution in [2.45, 2.75) is 6.42 Å². The molecule has 0 atom stereocenters. The van der Waals surface area contributed by atoms with Gasteiger partial charge in [0.05, 0.1) is 17.8 Å². The molecule has 128 valence electrons. The third-order valence-corrected chi connectivity index (χ3v) is 4.47. The van der Waals surface area contributed by atoms with Crippen molar-refractivity contribution < 1.29 is 4.74 Å². The molecule has 3 heterocycles. The van der Waals surface area contributed by atoms with Crippen LogP contribution < -0.4 is 15.8 Å². The van der Waals surface area contributed by atoms with Crippen LogP contribution in [-0.2, 0) is 6.42 Å². The van der Waals surface area contributed by atoms with Crippen LogP contribution in [0.1, 0.15) is 5.56 Å². The van der Waals surface area contributed by atoms with Crippen LogP contribution in [-0.4, -0.2) is 26.8 Å². The van der Waals surface area contributed by atoms with Gasteiger partial charge < -0.3 is 15.8 Å². The van der Waals surface area contributed by atoms with Crippen molar-refractivity contribution in [1.82, 2.24) is 20.2 Å². The fourth-order valence-corrected chi connectivity index (χ4v) is 3.24. The SMILES string of the molecule is Nc1nccc(Nc2ccc3[nH]nc(-c4ccc5c(c4)CCO5)c3c2)n1. The first-order valence-corrected chi connectivity index (χ1v) is 8.36. The number of benzene rings is 2. The highest BCUT2D eigenvalue weighted by atomic mass is 16.5. The van der Waals surface area contributed by atoms with Crippen molar-refractivity contribution in [3.8, 4) is 17.0 Å². The fourth-order valence-electron chi connectivity index (χ4n) is 3.24. The quantitative estimate of drug-likeness (QED) is 0.527. The van der Waals surface area contributed by atoms with Crippen molar-refractivity contribution >= 4 is 28.4 Å². The number of aromatic amines is 1. The minimum atomic E-state index is 0.237. The monoisotopic (exact) mass is 344 g/mol. The van der Waals surface area contributed by atoms with Crippen LogP contribution in [0.25, 0.3) is 22.2 Å². The summed E-state index contributed by atoms with van der Waals surface area (Å²) in [5.41, 5.74) is 10.7. The van der Waals surface area contributed by atoms with E-state index < -0.39 is 0 Å². The Bertz CT molecular complexity index is 1120. The lowest BCUT2D eigenvalue weighted by Gasteiger charge is -2.06. The van der Waals surface area contributed by atoms with E-state index >= 15 is 0 Å². The average molecular weight is 344 g/mol. The van der Waals surface area contributed by atoms with E-state index in [0.29, 0.717) is 5.82 Å². The van der Waals surface area contributed by atoms with Crippen LogP contribution in [0, 0.1) is 0 Å². The van der Waals surface area contributed by atoms with Crippen molar-refractivity contribution in [2.75, 3.05) is 17.7 Å². The van der Waals surface area contributed by atoms with Gasteiger partial charge in [0.1, 0.15) is 11.6 Å². The molecule has 26 heavy (non-hydrogen) atoms. The fraction of sp³-hybridized carbons (Fsp3) is 0.105. The van der Waals surface area contributed by atoms with Gasteiger partial charge >= 0.3 is 0 Å². The smallest absolute Gasteiger partial charge is 0.221 e. The lowest BCUT2D eigenvalue weighted by molar-refractivity contribution is 0.357. The number of rotatable bonds is 3. The van der Waals surface area contributed by atoms with Crippen molar-refractivity contribution in [1.29, 1.82) is 0 Å². The second-order valence-electron chi connectivity index (χ2n) is 6.18. The summed E-state index contributed by atoms with van der Waals surface area (Å²) < 4.78 is 5.59. The molecule has 0 saturated heterocycles. The largest absolute Gasteiger partial charge is 0.493 e. The first-order valence-electron chi connectivity index (χ1n) is 8.36. The number of nitrogens with two attached hydrogens (primary N) is 1. The van der Waals surface area contributed by atoms with Gasteiger partial charge in [0.25, 0.3) is 0 Å². The molecule has 7 heteroatoms. The summed E-state index contributed by atoms with van der Waals surface area (Å²) in [6, 6.07) is 14.0. The number of nitrogen functional groups attached to an aromatic ring is 1. The lowest BCUT2D eigenvalue weighted by Crippen LogP contribution is -1.98. The highest BCUT2D eigenvalue weighted by Gasteiger charge is 2.15. The highest BCUT2D eigenvalue weighted by molar-refractivity contribution is 5.95. The van der Waals surface area contributed by atoms with Gasteiger partial charge in [-0.3, -0.25) is 5.10 Å². The van der Waals surface area contributed by atoms with Crippen LogP contribution in [0.4, 0.5) is 17.5 Å². The molecule has 0 aliphatic carbocycles. The van der Waals surface area contributed by atoms with E-state index in [1.165, 1.54) is 5.56 Å². The van der Waals surface area contributed by atoms with Gasteiger partial charge in [-0.1, -0.05) is 0 Å². The molecule has 4 aromatic rings. The molecule has 0 radical (unpaired) electrons. The van der Waals surface area contributed by atoms with E-state index in [4.69, 9.17) is 10.5 Å². The Morgan fingerprint density at radius 3 is 3.00 bits per heavy atom. The van der Waals surface area contributed by atoms with Gasteiger partial charge in [-0.15, -0.1) is 0 Å². The van der Waals surface area contributed by atoms with Gasteiger partial charge in [0.2, 0.25) is 5.95 Å². The molecule has 4 N–H and O–H groups in total. The predicted octanol–water partition coefficient (Wildman–Crippen LogP) is 3.28. The van der Waals surface area contributed by atoms with Gasteiger partial charge in [0.15, 0.2) is 0 Å². The Balaban J connectivity index is 1.55. The highest BCUT2D eigenvalue weighted by Crippen LogP contribution is 2.33. The summed E-state index contributed by atoms with van der Waals surface area (Å²) >= 11 is 0. The number of hydrogen-bond donors (Lipinski definition) is 3. The molecule has 0 saturated carbocycles. The number of ether oxygens (including phenoxy) is 1. The maximum atomic E-state index is 5.64. The van der Waals surface area contributed by atoms with Crippen LogP contribution >= 0.6 is 0 Å². The Kier molecular flexibility index (Phi) is 3.24. The summed E-state index contributed by atoms with van der Waals surface area (Å²) in [6.07, 6.45) is 2.56. The summed E-state index contributed by atoms with van der Waals surface area (Å²) in [7, 11) is 0. The van der Waals surface area contributed by atoms with E-state index in [2.05, 4.69) is 37.6 Å². The van der Waals surface area contributed by atoms with E-state index in [1.54, 1.807) is 12.3 Å². The van der Waals surface area contributed by atoms with Crippen molar-refractivity contribution in [3.05, 3.63) is 54.2 Å². The number of hydrogen-bond acceptors (Lipinski definition) is 6. The van der Waals surface area contributed by atoms with Gasteiger partial charge in [-0.25, -0.2) is 4.98 Å². The summed E-state index contributed by atoms with van der Waals surface area (Å²) in [4.78, 5) is 8.08. The first-order chi connectivity index (χ1) is 12.8. The molecular weight excluding hydrogens is 328 g/mol. The molecule has 0 fully saturated rings. The molecule has 0 unspecified atom stereocenters. The zero-order valence-electron chi connectivity index (χ0n) is 13.9. The van der Waals surface area contributed by atoms with Crippen LogP contribution in [0.2, 0.25) is 0 Å². The predicted molar refractivity (Wildman–Crippen MR) is 100 cm³/mol. The van der Waals surface area contributed by atoms with Crippen LogP contribution in [0.15, 0.2) is 48.7 Å². The number of H-pyrrole nitrogens is 1. The minimum absolute atomic E-state index is 0.237. The maximum Gasteiger partial charge on any atom is 0.221 e. The Morgan fingerprint density at radius 2 is 2.08 bits per heavy atom. The van der Waals surface area contributed by atoms with Crippen LogP contribution in [0.5, 0.6) is 5.75 Å². The molecule has 0 amide bonds. The molecular formula is C19H16N6O. The number of aromatic nitrogens is 4. The number of nitrogens with zero attached hydrogens (tertiary/aromatic N) is 3. The van der Waals surface area contributed by atoms with Crippen molar-refractivity contribution in [3.63, 3.8) is 0 Å². The average Bonchev–Trinajstić information content (AvgIpc) is 3.27. The Labute approximate surface area is 149 Å². The van der Waals surface area contributed by atoms with E-state index in [1.807, 2.05) is 24.3 Å². The Hall–Kier alpha value is -3.61. The lowest BCUT2D eigenvalue weighted by atomic mass is 10.0. The van der Waals surface area contributed by atoms with Gasteiger partial charge in [0, 0.05) is 29.3 Å². The van der Waals surface area contributed by atoms with Crippen molar-refractivity contribution in [2.24, 2.45) is 0 Å². The Morgan fingerprint density at radius 1 is 1.12 bits per heavy atom. The summed E-state index contributed by atoms with van der Waals surface area (Å²) in [5, 5.41) is 11.9. The zero-order chi connectivity index (χ0) is 17.5. The number of fused-ring (bicyclic) bond motifs is 2. The normalized spacial score (nSPS) is 12.8. The number of nitrogens with one attached hydrogen (secondary N) is 2. The number of anilines is 3. The second-order valence-corrected chi connectivity index (χ2v) is 6.18. The molecule has 0 bridgehead atoms. The molecule has 7 nitrogen and oxygen atoms in total.